The summed E-state index contributed by atoms with van der Waals surface area (Å²) in [5.41, 5.74) is 8.92. The lowest BCUT2D eigenvalue weighted by Gasteiger charge is -2.12. The Morgan fingerprint density at radius 2 is 1.84 bits per heavy atom. The SMILES string of the molecule is CCOCc1ccccc1CN=C(N)Nc1cc(OC)ccc1OC. The van der Waals surface area contributed by atoms with Crippen LogP contribution in [0.1, 0.15) is 18.1 Å². The summed E-state index contributed by atoms with van der Waals surface area (Å²) in [6.45, 7) is 3.69. The molecule has 0 atom stereocenters. The van der Waals surface area contributed by atoms with Gasteiger partial charge in [-0.3, -0.25) is 0 Å². The molecule has 2 aromatic rings. The number of nitrogens with zero attached hydrogens (tertiary/aromatic N) is 1. The molecule has 2 aromatic carbocycles. The van der Waals surface area contributed by atoms with E-state index in [-0.39, 0.29) is 0 Å². The Labute approximate surface area is 148 Å². The van der Waals surface area contributed by atoms with Gasteiger partial charge < -0.3 is 25.3 Å². The molecule has 0 bridgehead atoms. The summed E-state index contributed by atoms with van der Waals surface area (Å²) in [7, 11) is 3.21. The number of anilines is 1. The van der Waals surface area contributed by atoms with Crippen molar-refractivity contribution in [2.24, 2.45) is 10.7 Å². The molecular formula is C19H25N3O3. The lowest BCUT2D eigenvalue weighted by Crippen LogP contribution is -2.23. The predicted molar refractivity (Wildman–Crippen MR) is 100 cm³/mol. The predicted octanol–water partition coefficient (Wildman–Crippen LogP) is 3.17. The smallest absolute Gasteiger partial charge is 0.193 e. The molecule has 0 aromatic heterocycles. The molecule has 134 valence electrons. The van der Waals surface area contributed by atoms with Gasteiger partial charge in [0.1, 0.15) is 11.5 Å². The lowest BCUT2D eigenvalue weighted by molar-refractivity contribution is 0.133. The van der Waals surface area contributed by atoms with Crippen LogP contribution in [-0.4, -0.2) is 26.8 Å². The largest absolute Gasteiger partial charge is 0.497 e. The van der Waals surface area contributed by atoms with Gasteiger partial charge >= 0.3 is 0 Å². The summed E-state index contributed by atoms with van der Waals surface area (Å²) in [5, 5.41) is 3.06. The van der Waals surface area contributed by atoms with E-state index in [2.05, 4.69) is 10.3 Å². The Kier molecular flexibility index (Phi) is 7.10. The first-order valence-corrected chi connectivity index (χ1v) is 8.11. The van der Waals surface area contributed by atoms with Gasteiger partial charge in [-0.05, 0) is 30.2 Å². The Hall–Kier alpha value is -2.73. The van der Waals surface area contributed by atoms with Crippen molar-refractivity contribution in [3.8, 4) is 11.5 Å². The molecule has 0 saturated carbocycles. The van der Waals surface area contributed by atoms with Crippen LogP contribution >= 0.6 is 0 Å². The third-order valence-electron chi connectivity index (χ3n) is 3.67. The topological polar surface area (TPSA) is 78.1 Å². The molecule has 0 unspecified atom stereocenters. The highest BCUT2D eigenvalue weighted by Crippen LogP contribution is 2.28. The molecule has 0 aliphatic heterocycles. The molecule has 0 radical (unpaired) electrons. The third-order valence-corrected chi connectivity index (χ3v) is 3.67. The molecule has 0 fully saturated rings. The van der Waals surface area contributed by atoms with E-state index in [1.807, 2.05) is 49.4 Å². The second-order valence-electron chi connectivity index (χ2n) is 5.30. The lowest BCUT2D eigenvalue weighted by atomic mass is 10.1. The fourth-order valence-electron chi connectivity index (χ4n) is 2.32. The van der Waals surface area contributed by atoms with E-state index in [0.29, 0.717) is 42.9 Å². The number of hydrogen-bond acceptors (Lipinski definition) is 4. The van der Waals surface area contributed by atoms with E-state index in [4.69, 9.17) is 19.9 Å². The zero-order valence-corrected chi connectivity index (χ0v) is 14.9. The summed E-state index contributed by atoms with van der Waals surface area (Å²) < 4.78 is 16.0. The van der Waals surface area contributed by atoms with Crippen LogP contribution in [0.4, 0.5) is 5.69 Å². The number of benzene rings is 2. The fraction of sp³-hybridized carbons (Fsp3) is 0.316. The van der Waals surface area contributed by atoms with E-state index in [1.165, 1.54) is 0 Å². The zero-order chi connectivity index (χ0) is 18.1. The van der Waals surface area contributed by atoms with Crippen molar-refractivity contribution in [2.75, 3.05) is 26.1 Å². The van der Waals surface area contributed by atoms with Crippen molar-refractivity contribution >= 4 is 11.6 Å². The van der Waals surface area contributed by atoms with Gasteiger partial charge in [-0.15, -0.1) is 0 Å². The molecule has 3 N–H and O–H groups in total. The average molecular weight is 343 g/mol. The Bertz CT molecular complexity index is 717. The van der Waals surface area contributed by atoms with E-state index in [9.17, 15) is 0 Å². The average Bonchev–Trinajstić information content (AvgIpc) is 2.65. The van der Waals surface area contributed by atoms with Gasteiger partial charge in [-0.25, -0.2) is 4.99 Å². The number of rotatable bonds is 8. The molecule has 6 nitrogen and oxygen atoms in total. The quantitative estimate of drug-likeness (QED) is 0.569. The molecular weight excluding hydrogens is 318 g/mol. The second kappa shape index (κ2) is 9.54. The van der Waals surface area contributed by atoms with Crippen LogP contribution in [0, 0.1) is 0 Å². The summed E-state index contributed by atoms with van der Waals surface area (Å²) >= 11 is 0. The van der Waals surface area contributed by atoms with Gasteiger partial charge in [0, 0.05) is 12.7 Å². The van der Waals surface area contributed by atoms with E-state index < -0.39 is 0 Å². The fourth-order valence-corrected chi connectivity index (χ4v) is 2.32. The minimum Gasteiger partial charge on any atom is -0.497 e. The molecule has 0 heterocycles. The Morgan fingerprint density at radius 1 is 1.08 bits per heavy atom. The number of methoxy groups -OCH3 is 2. The van der Waals surface area contributed by atoms with Crippen molar-refractivity contribution in [1.29, 1.82) is 0 Å². The summed E-state index contributed by atoms with van der Waals surface area (Å²) in [5.74, 6) is 1.67. The van der Waals surface area contributed by atoms with Crippen LogP contribution in [-0.2, 0) is 17.9 Å². The summed E-state index contributed by atoms with van der Waals surface area (Å²) in [4.78, 5) is 4.42. The molecule has 6 heteroatoms. The molecule has 25 heavy (non-hydrogen) atoms. The standard InChI is InChI=1S/C19H25N3O3/c1-4-25-13-15-8-6-5-7-14(15)12-21-19(20)22-17-11-16(23-2)9-10-18(17)24-3/h5-11H,4,12-13H2,1-3H3,(H3,20,21,22). The van der Waals surface area contributed by atoms with Crippen LogP contribution in [0.15, 0.2) is 47.5 Å². The van der Waals surface area contributed by atoms with Crippen molar-refractivity contribution in [2.45, 2.75) is 20.1 Å². The zero-order valence-electron chi connectivity index (χ0n) is 14.9. The first-order chi connectivity index (χ1) is 12.2. The maximum Gasteiger partial charge on any atom is 0.193 e. The first-order valence-electron chi connectivity index (χ1n) is 8.11. The maximum atomic E-state index is 6.03. The number of hydrogen-bond donors (Lipinski definition) is 2. The van der Waals surface area contributed by atoms with Crippen molar-refractivity contribution < 1.29 is 14.2 Å². The van der Waals surface area contributed by atoms with Crippen molar-refractivity contribution in [3.63, 3.8) is 0 Å². The highest BCUT2D eigenvalue weighted by atomic mass is 16.5. The van der Waals surface area contributed by atoms with Crippen LogP contribution < -0.4 is 20.5 Å². The van der Waals surface area contributed by atoms with Crippen molar-refractivity contribution in [3.05, 3.63) is 53.6 Å². The van der Waals surface area contributed by atoms with Gasteiger partial charge in [-0.2, -0.15) is 0 Å². The highest BCUT2D eigenvalue weighted by Gasteiger charge is 2.07. The van der Waals surface area contributed by atoms with E-state index in [1.54, 1.807) is 14.2 Å². The number of nitrogens with two attached hydrogens (primary N) is 1. The van der Waals surface area contributed by atoms with Gasteiger partial charge in [0.05, 0.1) is 33.1 Å². The highest BCUT2D eigenvalue weighted by molar-refractivity contribution is 5.94. The number of nitrogens with one attached hydrogen (secondary N) is 1. The van der Waals surface area contributed by atoms with Gasteiger partial charge in [0.25, 0.3) is 0 Å². The molecule has 0 amide bonds. The third kappa shape index (κ3) is 5.39. The minimum absolute atomic E-state index is 0.303. The molecule has 2 rings (SSSR count). The van der Waals surface area contributed by atoms with Crippen LogP contribution in [0.2, 0.25) is 0 Å². The molecule has 0 spiro atoms. The van der Waals surface area contributed by atoms with Crippen LogP contribution in [0.5, 0.6) is 11.5 Å². The van der Waals surface area contributed by atoms with Gasteiger partial charge in [-0.1, -0.05) is 24.3 Å². The summed E-state index contributed by atoms with van der Waals surface area (Å²) in [6.07, 6.45) is 0. The summed E-state index contributed by atoms with van der Waals surface area (Å²) in [6, 6.07) is 13.5. The number of guanidine groups is 1. The van der Waals surface area contributed by atoms with Crippen LogP contribution in [0.25, 0.3) is 0 Å². The van der Waals surface area contributed by atoms with Crippen LogP contribution in [0.3, 0.4) is 0 Å². The maximum absolute atomic E-state index is 6.03. The Morgan fingerprint density at radius 3 is 2.52 bits per heavy atom. The molecule has 0 saturated heterocycles. The first kappa shape index (κ1) is 18.6. The van der Waals surface area contributed by atoms with E-state index in [0.717, 1.165) is 11.1 Å². The van der Waals surface area contributed by atoms with Gasteiger partial charge in [0.15, 0.2) is 5.96 Å². The van der Waals surface area contributed by atoms with Gasteiger partial charge in [0.2, 0.25) is 0 Å². The monoisotopic (exact) mass is 343 g/mol. The van der Waals surface area contributed by atoms with E-state index >= 15 is 0 Å². The number of aliphatic imine (C=N–C) groups is 1. The minimum atomic E-state index is 0.303. The molecule has 0 aliphatic carbocycles. The van der Waals surface area contributed by atoms with Crippen molar-refractivity contribution in [1.82, 2.24) is 0 Å². The second-order valence-corrected chi connectivity index (χ2v) is 5.30. The normalized spacial score (nSPS) is 11.2. The number of ether oxygens (including phenoxy) is 3. The molecule has 0 aliphatic rings. The Balaban J connectivity index is 2.10.